The summed E-state index contributed by atoms with van der Waals surface area (Å²) in [7, 11) is 2.01. The second kappa shape index (κ2) is 6.30. The first kappa shape index (κ1) is 14.8. The molecule has 2 aromatic heterocycles. The van der Waals surface area contributed by atoms with Gasteiger partial charge in [0.2, 0.25) is 0 Å². The maximum Gasteiger partial charge on any atom is 0.0537 e. The minimum Gasteiger partial charge on any atom is -0.296 e. The van der Waals surface area contributed by atoms with Crippen molar-refractivity contribution in [1.82, 2.24) is 19.6 Å². The summed E-state index contributed by atoms with van der Waals surface area (Å²) >= 11 is 1.79. The van der Waals surface area contributed by atoms with E-state index in [1.807, 2.05) is 17.9 Å². The van der Waals surface area contributed by atoms with Crippen LogP contribution in [0.4, 0.5) is 0 Å². The van der Waals surface area contributed by atoms with Crippen molar-refractivity contribution in [2.45, 2.75) is 26.4 Å². The van der Waals surface area contributed by atoms with Gasteiger partial charge in [-0.1, -0.05) is 0 Å². The minimum atomic E-state index is 0.540. The molecule has 0 saturated carbocycles. The average Bonchev–Trinajstić information content (AvgIpc) is 3.13. The van der Waals surface area contributed by atoms with Gasteiger partial charge < -0.3 is 0 Å². The number of hydrogen-bond donors (Lipinski definition) is 0. The van der Waals surface area contributed by atoms with E-state index in [9.17, 15) is 0 Å². The Kier molecular flexibility index (Phi) is 4.42. The highest BCUT2D eigenvalue weighted by Crippen LogP contribution is 2.24. The Hall–Kier alpha value is -1.17. The number of hydrogen-bond acceptors (Lipinski definition) is 4. The van der Waals surface area contributed by atoms with E-state index in [1.165, 1.54) is 16.8 Å². The Morgan fingerprint density at radius 1 is 1.29 bits per heavy atom. The van der Waals surface area contributed by atoms with Gasteiger partial charge in [0.1, 0.15) is 0 Å². The molecule has 1 aliphatic heterocycles. The fourth-order valence-electron chi connectivity index (χ4n) is 2.97. The molecule has 0 N–H and O–H groups in total. The number of aromatic nitrogens is 2. The zero-order chi connectivity index (χ0) is 14.8. The number of nitrogens with zero attached hydrogens (tertiary/aromatic N) is 4. The highest BCUT2D eigenvalue weighted by atomic mass is 32.1. The summed E-state index contributed by atoms with van der Waals surface area (Å²) in [6.07, 6.45) is 2.01. The van der Waals surface area contributed by atoms with Crippen LogP contribution in [0.25, 0.3) is 0 Å². The highest BCUT2D eigenvalue weighted by Gasteiger charge is 2.22. The smallest absolute Gasteiger partial charge is 0.0537 e. The third kappa shape index (κ3) is 3.20. The zero-order valence-electron chi connectivity index (χ0n) is 13.1. The molecule has 2 aromatic rings. The molecule has 1 atom stereocenters. The van der Waals surface area contributed by atoms with Crippen LogP contribution in [-0.4, -0.2) is 45.8 Å². The van der Waals surface area contributed by atoms with Crippen molar-refractivity contribution in [1.29, 1.82) is 0 Å². The Labute approximate surface area is 131 Å². The first-order chi connectivity index (χ1) is 10.1. The van der Waals surface area contributed by atoms with E-state index in [4.69, 9.17) is 0 Å². The Morgan fingerprint density at radius 2 is 2.05 bits per heavy atom. The van der Waals surface area contributed by atoms with Gasteiger partial charge in [-0.05, 0) is 36.2 Å². The Balaban J connectivity index is 1.54. The molecule has 0 bridgehead atoms. The standard InChI is InChI=1S/C16H24N4S/c1-13-16(10-17-18(13)3)11-19-5-7-20(8-6-19)14(2)15-4-9-21-12-15/h4,9-10,12,14H,5-8,11H2,1-3H3/t14-/m0/s1. The van der Waals surface area contributed by atoms with Gasteiger partial charge in [-0.15, -0.1) is 0 Å². The van der Waals surface area contributed by atoms with E-state index in [0.717, 1.165) is 32.7 Å². The lowest BCUT2D eigenvalue weighted by molar-refractivity contribution is 0.0979. The predicted molar refractivity (Wildman–Crippen MR) is 87.5 cm³/mol. The van der Waals surface area contributed by atoms with E-state index < -0.39 is 0 Å². The maximum absolute atomic E-state index is 4.34. The summed E-state index contributed by atoms with van der Waals surface area (Å²) in [4.78, 5) is 5.13. The Bertz CT molecular complexity index is 567. The molecule has 21 heavy (non-hydrogen) atoms. The zero-order valence-corrected chi connectivity index (χ0v) is 13.9. The van der Waals surface area contributed by atoms with Crippen LogP contribution in [0.3, 0.4) is 0 Å². The molecule has 1 fully saturated rings. The van der Waals surface area contributed by atoms with E-state index in [-0.39, 0.29) is 0 Å². The van der Waals surface area contributed by atoms with Gasteiger partial charge in [0.15, 0.2) is 0 Å². The van der Waals surface area contributed by atoms with Crippen molar-refractivity contribution in [2.75, 3.05) is 26.2 Å². The summed E-state index contributed by atoms with van der Waals surface area (Å²) in [6.45, 7) is 10.1. The van der Waals surface area contributed by atoms with Gasteiger partial charge in [0.25, 0.3) is 0 Å². The molecule has 0 aromatic carbocycles. The van der Waals surface area contributed by atoms with Crippen LogP contribution in [0.2, 0.25) is 0 Å². The summed E-state index contributed by atoms with van der Waals surface area (Å²) in [5.74, 6) is 0. The van der Waals surface area contributed by atoms with Crippen molar-refractivity contribution in [2.24, 2.45) is 7.05 Å². The van der Waals surface area contributed by atoms with E-state index in [1.54, 1.807) is 11.3 Å². The van der Waals surface area contributed by atoms with Crippen molar-refractivity contribution in [3.05, 3.63) is 39.8 Å². The lowest BCUT2D eigenvalue weighted by Gasteiger charge is -2.37. The molecule has 0 spiro atoms. The van der Waals surface area contributed by atoms with Crippen molar-refractivity contribution in [3.63, 3.8) is 0 Å². The van der Waals surface area contributed by atoms with E-state index >= 15 is 0 Å². The largest absolute Gasteiger partial charge is 0.296 e. The first-order valence-corrected chi connectivity index (χ1v) is 8.55. The topological polar surface area (TPSA) is 24.3 Å². The maximum atomic E-state index is 4.34. The Morgan fingerprint density at radius 3 is 2.62 bits per heavy atom. The monoisotopic (exact) mass is 304 g/mol. The van der Waals surface area contributed by atoms with Crippen LogP contribution in [0.15, 0.2) is 23.0 Å². The van der Waals surface area contributed by atoms with Gasteiger partial charge in [-0.3, -0.25) is 14.5 Å². The fourth-order valence-corrected chi connectivity index (χ4v) is 3.72. The third-order valence-corrected chi connectivity index (χ3v) is 5.41. The average molecular weight is 304 g/mol. The minimum absolute atomic E-state index is 0.540. The normalized spacial score (nSPS) is 19.0. The summed E-state index contributed by atoms with van der Waals surface area (Å²) < 4.78 is 1.96. The molecule has 114 valence electrons. The fraction of sp³-hybridized carbons (Fsp3) is 0.562. The summed E-state index contributed by atoms with van der Waals surface area (Å²) in [5.41, 5.74) is 4.09. The van der Waals surface area contributed by atoms with Crippen molar-refractivity contribution < 1.29 is 0 Å². The lowest BCUT2D eigenvalue weighted by atomic mass is 10.1. The molecule has 0 aliphatic carbocycles. The van der Waals surface area contributed by atoms with Crippen LogP contribution in [-0.2, 0) is 13.6 Å². The molecular formula is C16H24N4S. The van der Waals surface area contributed by atoms with Crippen molar-refractivity contribution >= 4 is 11.3 Å². The second-order valence-electron chi connectivity index (χ2n) is 5.92. The number of rotatable bonds is 4. The van der Waals surface area contributed by atoms with Crippen LogP contribution >= 0.6 is 11.3 Å². The molecule has 0 unspecified atom stereocenters. The van der Waals surface area contributed by atoms with E-state index in [0.29, 0.717) is 6.04 Å². The number of piperazine rings is 1. The van der Waals surface area contributed by atoms with Crippen LogP contribution in [0.5, 0.6) is 0 Å². The first-order valence-electron chi connectivity index (χ1n) is 7.61. The number of thiophene rings is 1. The van der Waals surface area contributed by atoms with E-state index in [2.05, 4.69) is 45.6 Å². The molecule has 1 saturated heterocycles. The molecule has 1 aliphatic rings. The van der Waals surface area contributed by atoms with Gasteiger partial charge in [0.05, 0.1) is 6.20 Å². The van der Waals surface area contributed by atoms with Gasteiger partial charge >= 0.3 is 0 Å². The number of aryl methyl sites for hydroxylation is 1. The highest BCUT2D eigenvalue weighted by molar-refractivity contribution is 7.07. The molecule has 0 amide bonds. The molecule has 3 rings (SSSR count). The predicted octanol–water partition coefficient (Wildman–Crippen LogP) is 2.67. The molecular weight excluding hydrogens is 280 g/mol. The van der Waals surface area contributed by atoms with Gasteiger partial charge in [0, 0.05) is 57.1 Å². The molecule has 0 radical (unpaired) electrons. The third-order valence-electron chi connectivity index (χ3n) is 4.71. The van der Waals surface area contributed by atoms with Gasteiger partial charge in [-0.2, -0.15) is 16.4 Å². The van der Waals surface area contributed by atoms with Gasteiger partial charge in [-0.25, -0.2) is 0 Å². The van der Waals surface area contributed by atoms with Crippen molar-refractivity contribution in [3.8, 4) is 0 Å². The SMILES string of the molecule is Cc1c(CN2CCN([C@@H](C)c3ccsc3)CC2)cnn1C. The quantitative estimate of drug-likeness (QED) is 0.868. The molecule has 5 heteroatoms. The summed E-state index contributed by atoms with van der Waals surface area (Å²) in [5, 5.41) is 8.79. The van der Waals surface area contributed by atoms with Crippen LogP contribution < -0.4 is 0 Å². The van der Waals surface area contributed by atoms with Crippen LogP contribution in [0.1, 0.15) is 29.8 Å². The van der Waals surface area contributed by atoms with Crippen LogP contribution in [0, 0.1) is 6.92 Å². The molecule has 3 heterocycles. The summed E-state index contributed by atoms with van der Waals surface area (Å²) in [6, 6.07) is 2.79. The molecule has 4 nitrogen and oxygen atoms in total. The second-order valence-corrected chi connectivity index (χ2v) is 6.70. The lowest BCUT2D eigenvalue weighted by Crippen LogP contribution is -2.46.